The molecule has 0 aromatic rings. The third kappa shape index (κ3) is 6.08. The topological polar surface area (TPSA) is 60.4 Å². The highest BCUT2D eigenvalue weighted by atomic mass is 16.5. The van der Waals surface area contributed by atoms with Crippen molar-refractivity contribution in [2.45, 2.75) is 44.9 Å². The highest BCUT2D eigenvalue weighted by Gasteiger charge is 2.39. The highest BCUT2D eigenvalue weighted by molar-refractivity contribution is 5.85. The minimum absolute atomic E-state index is 0.0548. The van der Waals surface area contributed by atoms with Crippen molar-refractivity contribution in [3.63, 3.8) is 0 Å². The van der Waals surface area contributed by atoms with Crippen LogP contribution in [0.1, 0.15) is 44.9 Å². The number of likely N-dealkylation sites (tertiary alicyclic amines) is 1. The number of ether oxygens (including phenoxy) is 1. The fourth-order valence-electron chi connectivity index (χ4n) is 4.71. The molecule has 28 heavy (non-hydrogen) atoms. The Morgan fingerprint density at radius 3 is 2.57 bits per heavy atom. The first-order valence-corrected chi connectivity index (χ1v) is 11.1. The highest BCUT2D eigenvalue weighted by Crippen LogP contribution is 2.43. The second kappa shape index (κ2) is 10.4. The Labute approximate surface area is 170 Å². The molecule has 3 rings (SSSR count). The molecule has 3 aliphatic rings. The lowest BCUT2D eigenvalue weighted by atomic mass is 9.73. The van der Waals surface area contributed by atoms with Gasteiger partial charge in [-0.25, -0.2) is 4.99 Å². The SMILES string of the molecule is CN(C)C(=O)CN=C(NCCCN1CCOCC1)N1CCC2(CCCCC2)C1. The Balaban J connectivity index is 1.52. The fourth-order valence-corrected chi connectivity index (χ4v) is 4.71. The minimum Gasteiger partial charge on any atom is -0.379 e. The molecule has 1 amide bonds. The number of guanidine groups is 1. The van der Waals surface area contributed by atoms with Gasteiger partial charge < -0.3 is 19.9 Å². The van der Waals surface area contributed by atoms with Crippen LogP contribution in [0.2, 0.25) is 0 Å². The average Bonchev–Trinajstić information content (AvgIpc) is 3.11. The summed E-state index contributed by atoms with van der Waals surface area (Å²) in [4.78, 5) is 23.2. The lowest BCUT2D eigenvalue weighted by molar-refractivity contribution is -0.127. The van der Waals surface area contributed by atoms with E-state index < -0.39 is 0 Å². The van der Waals surface area contributed by atoms with Gasteiger partial charge in [-0.3, -0.25) is 9.69 Å². The van der Waals surface area contributed by atoms with Crippen LogP contribution >= 0.6 is 0 Å². The first kappa shape index (κ1) is 21.4. The van der Waals surface area contributed by atoms with Crippen LogP contribution in [0.15, 0.2) is 4.99 Å². The number of morpholine rings is 1. The molecule has 1 N–H and O–H groups in total. The summed E-state index contributed by atoms with van der Waals surface area (Å²) in [5.41, 5.74) is 0.486. The molecule has 2 heterocycles. The van der Waals surface area contributed by atoms with Crippen LogP contribution in [0.25, 0.3) is 0 Å². The van der Waals surface area contributed by atoms with Gasteiger partial charge in [0.15, 0.2) is 5.96 Å². The van der Waals surface area contributed by atoms with Gasteiger partial charge in [0, 0.05) is 46.8 Å². The lowest BCUT2D eigenvalue weighted by Gasteiger charge is -2.33. The van der Waals surface area contributed by atoms with Gasteiger partial charge in [0.25, 0.3) is 0 Å². The first-order valence-electron chi connectivity index (χ1n) is 11.1. The van der Waals surface area contributed by atoms with Crippen molar-refractivity contribution in [2.24, 2.45) is 10.4 Å². The smallest absolute Gasteiger partial charge is 0.243 e. The molecule has 0 aromatic carbocycles. The van der Waals surface area contributed by atoms with Crippen molar-refractivity contribution in [3.05, 3.63) is 0 Å². The summed E-state index contributed by atoms with van der Waals surface area (Å²) in [6, 6.07) is 0. The van der Waals surface area contributed by atoms with E-state index >= 15 is 0 Å². The standard InChI is InChI=1S/C21H39N5O2/c1-24(2)19(27)17-23-20(22-10-6-11-25-13-15-28-16-14-25)26-12-9-21(18-26)7-4-3-5-8-21/h3-18H2,1-2H3,(H,22,23). The van der Waals surface area contributed by atoms with Crippen LogP contribution in [0, 0.1) is 5.41 Å². The van der Waals surface area contributed by atoms with E-state index in [1.165, 1.54) is 38.5 Å². The van der Waals surface area contributed by atoms with Gasteiger partial charge in [-0.05, 0) is 37.6 Å². The molecule has 7 nitrogen and oxygen atoms in total. The van der Waals surface area contributed by atoms with E-state index in [9.17, 15) is 4.79 Å². The summed E-state index contributed by atoms with van der Waals surface area (Å²) in [6.07, 6.45) is 9.18. The van der Waals surface area contributed by atoms with Crippen molar-refractivity contribution >= 4 is 11.9 Å². The van der Waals surface area contributed by atoms with E-state index in [4.69, 9.17) is 9.73 Å². The molecule has 160 valence electrons. The van der Waals surface area contributed by atoms with Gasteiger partial charge in [0.2, 0.25) is 5.91 Å². The van der Waals surface area contributed by atoms with Crippen molar-refractivity contribution in [1.82, 2.24) is 20.0 Å². The maximum Gasteiger partial charge on any atom is 0.243 e. The van der Waals surface area contributed by atoms with E-state index in [1.807, 2.05) is 0 Å². The van der Waals surface area contributed by atoms with Gasteiger partial charge in [-0.2, -0.15) is 0 Å². The van der Waals surface area contributed by atoms with Gasteiger partial charge in [0.05, 0.1) is 13.2 Å². The Hall–Kier alpha value is -1.34. The number of likely N-dealkylation sites (N-methyl/N-ethyl adjacent to an activating group) is 1. The molecule has 1 saturated carbocycles. The molecule has 0 atom stereocenters. The van der Waals surface area contributed by atoms with Crippen molar-refractivity contribution < 1.29 is 9.53 Å². The lowest BCUT2D eigenvalue weighted by Crippen LogP contribution is -2.43. The largest absolute Gasteiger partial charge is 0.379 e. The normalized spacial score (nSPS) is 23.2. The molecule has 0 unspecified atom stereocenters. The molecule has 0 bridgehead atoms. The van der Waals surface area contributed by atoms with Crippen LogP contribution in [0.5, 0.6) is 0 Å². The summed E-state index contributed by atoms with van der Waals surface area (Å²) in [5, 5.41) is 3.56. The van der Waals surface area contributed by atoms with Crippen molar-refractivity contribution in [2.75, 3.05) is 73.1 Å². The Morgan fingerprint density at radius 1 is 1.11 bits per heavy atom. The molecule has 2 aliphatic heterocycles. The van der Waals surface area contributed by atoms with Crippen molar-refractivity contribution in [3.8, 4) is 0 Å². The molecular formula is C21H39N5O2. The van der Waals surface area contributed by atoms with E-state index in [2.05, 4.69) is 15.1 Å². The van der Waals surface area contributed by atoms with Crippen LogP contribution in [-0.4, -0.2) is 99.7 Å². The molecule has 7 heteroatoms. The van der Waals surface area contributed by atoms with Gasteiger partial charge >= 0.3 is 0 Å². The summed E-state index contributed by atoms with van der Waals surface area (Å²) in [5.74, 6) is 0.985. The van der Waals surface area contributed by atoms with Crippen LogP contribution in [-0.2, 0) is 9.53 Å². The third-order valence-corrected chi connectivity index (χ3v) is 6.55. The summed E-state index contributed by atoms with van der Waals surface area (Å²) < 4.78 is 5.42. The number of carbonyl (C=O) groups is 1. The predicted octanol–water partition coefficient (Wildman–Crippen LogP) is 1.40. The molecule has 2 saturated heterocycles. The first-order chi connectivity index (χ1) is 13.6. The summed E-state index contributed by atoms with van der Waals surface area (Å²) >= 11 is 0. The average molecular weight is 394 g/mol. The predicted molar refractivity (Wildman–Crippen MR) is 113 cm³/mol. The maximum atomic E-state index is 12.0. The third-order valence-electron chi connectivity index (χ3n) is 6.55. The van der Waals surface area contributed by atoms with Crippen molar-refractivity contribution in [1.29, 1.82) is 0 Å². The van der Waals surface area contributed by atoms with E-state index in [0.717, 1.165) is 64.9 Å². The fraction of sp³-hybridized carbons (Fsp3) is 0.905. The van der Waals surface area contributed by atoms with Gasteiger partial charge in [0.1, 0.15) is 6.54 Å². The summed E-state index contributed by atoms with van der Waals surface area (Å²) in [7, 11) is 3.58. The second-order valence-electron chi connectivity index (χ2n) is 8.89. The van der Waals surface area contributed by atoms with E-state index in [0.29, 0.717) is 5.41 Å². The van der Waals surface area contributed by atoms with Gasteiger partial charge in [-0.15, -0.1) is 0 Å². The zero-order valence-electron chi connectivity index (χ0n) is 17.9. The number of hydrogen-bond donors (Lipinski definition) is 1. The Kier molecular flexibility index (Phi) is 7.97. The van der Waals surface area contributed by atoms with Crippen LogP contribution in [0.4, 0.5) is 0 Å². The quantitative estimate of drug-likeness (QED) is 0.420. The molecule has 1 aliphatic carbocycles. The van der Waals surface area contributed by atoms with Crippen LogP contribution in [0.3, 0.4) is 0 Å². The number of rotatable bonds is 6. The van der Waals surface area contributed by atoms with E-state index in [1.54, 1.807) is 19.0 Å². The van der Waals surface area contributed by atoms with E-state index in [-0.39, 0.29) is 12.5 Å². The minimum atomic E-state index is 0.0548. The Morgan fingerprint density at radius 2 is 1.86 bits per heavy atom. The zero-order valence-corrected chi connectivity index (χ0v) is 17.9. The molecule has 3 fully saturated rings. The maximum absolute atomic E-state index is 12.0. The Bertz CT molecular complexity index is 525. The number of hydrogen-bond acceptors (Lipinski definition) is 4. The van der Waals surface area contributed by atoms with Gasteiger partial charge in [-0.1, -0.05) is 19.3 Å². The molecule has 1 spiro atoms. The molecule has 0 aromatic heterocycles. The number of amides is 1. The zero-order chi connectivity index (χ0) is 19.8. The number of carbonyl (C=O) groups excluding carboxylic acids is 1. The molecular weight excluding hydrogens is 354 g/mol. The van der Waals surface area contributed by atoms with Crippen LogP contribution < -0.4 is 5.32 Å². The second-order valence-corrected chi connectivity index (χ2v) is 8.89. The molecule has 0 radical (unpaired) electrons. The number of aliphatic imine (C=N–C) groups is 1. The monoisotopic (exact) mass is 393 g/mol. The summed E-state index contributed by atoms with van der Waals surface area (Å²) in [6.45, 7) is 8.14. The number of nitrogens with one attached hydrogen (secondary N) is 1. The number of nitrogens with zero attached hydrogens (tertiary/aromatic N) is 4.